The highest BCUT2D eigenvalue weighted by molar-refractivity contribution is 5.77. The Bertz CT molecular complexity index is 223. The van der Waals surface area contributed by atoms with Crippen LogP contribution in [0.1, 0.15) is 41.5 Å². The van der Waals surface area contributed by atoms with Gasteiger partial charge in [-0.15, -0.1) is 0 Å². The Kier molecular flexibility index (Phi) is 6.09. The van der Waals surface area contributed by atoms with Crippen molar-refractivity contribution >= 4 is 12.3 Å². The summed E-state index contributed by atoms with van der Waals surface area (Å²) < 4.78 is 13.8. The number of ether oxygens (including phenoxy) is 3. The van der Waals surface area contributed by atoms with Gasteiger partial charge >= 0.3 is 12.3 Å². The minimum Gasteiger partial charge on any atom is -0.428 e. The zero-order valence-electron chi connectivity index (χ0n) is 10.7. The second-order valence-electron chi connectivity index (χ2n) is 5.03. The fraction of sp³-hybridized carbons (Fsp3) is 0.800. The van der Waals surface area contributed by atoms with Crippen molar-refractivity contribution in [2.75, 3.05) is 0 Å². The fourth-order valence-corrected chi connectivity index (χ4v) is 0.610. The molecule has 0 rings (SSSR count). The maximum Gasteiger partial charge on any atom is 0.519 e. The molecule has 0 amide bonds. The molecule has 0 aromatic heterocycles. The van der Waals surface area contributed by atoms with Gasteiger partial charge in [0, 0.05) is 0 Å². The number of hydrogen-bond acceptors (Lipinski definition) is 6. The molecule has 0 heterocycles. The maximum absolute atomic E-state index is 11.0. The van der Waals surface area contributed by atoms with Gasteiger partial charge in [0.25, 0.3) is 0 Å². The SMILES string of the molecule is CC(C)(C)OC(=O)OC(=O)OC(C)(C)C.N. The average Bonchev–Trinajstić information content (AvgIpc) is 1.73. The third-order valence-corrected chi connectivity index (χ3v) is 0.946. The van der Waals surface area contributed by atoms with Gasteiger partial charge in [0.05, 0.1) is 0 Å². The van der Waals surface area contributed by atoms with Crippen LogP contribution in [0.2, 0.25) is 0 Å². The van der Waals surface area contributed by atoms with Crippen molar-refractivity contribution in [2.24, 2.45) is 0 Å². The first-order valence-corrected chi connectivity index (χ1v) is 4.63. The molecule has 3 N–H and O–H groups in total. The highest BCUT2D eigenvalue weighted by Gasteiger charge is 2.24. The molecule has 16 heavy (non-hydrogen) atoms. The van der Waals surface area contributed by atoms with Crippen LogP contribution in [0.25, 0.3) is 0 Å². The standard InChI is InChI=1S/C10H18O5.H3N/c1-9(2,3)14-7(11)13-8(12)15-10(4,5)6;/h1-6H3;1H3. The quantitative estimate of drug-likeness (QED) is 0.512. The molecule has 0 saturated heterocycles. The van der Waals surface area contributed by atoms with Gasteiger partial charge in [0.1, 0.15) is 11.2 Å². The van der Waals surface area contributed by atoms with E-state index in [0.29, 0.717) is 0 Å². The topological polar surface area (TPSA) is 96.8 Å². The summed E-state index contributed by atoms with van der Waals surface area (Å²) in [5.41, 5.74) is -1.39. The van der Waals surface area contributed by atoms with Crippen LogP contribution in [0.3, 0.4) is 0 Å². The van der Waals surface area contributed by atoms with Gasteiger partial charge in [-0.1, -0.05) is 0 Å². The predicted molar refractivity (Wildman–Crippen MR) is 58.6 cm³/mol. The molecular formula is C10H21NO5. The van der Waals surface area contributed by atoms with E-state index in [1.54, 1.807) is 41.5 Å². The van der Waals surface area contributed by atoms with Crippen molar-refractivity contribution < 1.29 is 23.8 Å². The Morgan fingerprint density at radius 3 is 1.19 bits per heavy atom. The first kappa shape index (κ1) is 17.1. The van der Waals surface area contributed by atoms with Gasteiger partial charge < -0.3 is 20.4 Å². The molecule has 0 atom stereocenters. The number of rotatable bonds is 0. The maximum atomic E-state index is 11.0. The van der Waals surface area contributed by atoms with Crippen molar-refractivity contribution in [3.8, 4) is 0 Å². The van der Waals surface area contributed by atoms with E-state index in [2.05, 4.69) is 4.74 Å². The first-order chi connectivity index (χ1) is 6.49. The normalized spacial score (nSPS) is 11.1. The summed E-state index contributed by atoms with van der Waals surface area (Å²) >= 11 is 0. The lowest BCUT2D eigenvalue weighted by Gasteiger charge is -2.20. The molecule has 0 spiro atoms. The highest BCUT2D eigenvalue weighted by atomic mass is 16.8. The summed E-state index contributed by atoms with van der Waals surface area (Å²) in [5, 5.41) is 0. The summed E-state index contributed by atoms with van der Waals surface area (Å²) in [5.74, 6) is 0. The van der Waals surface area contributed by atoms with Crippen molar-refractivity contribution in [2.45, 2.75) is 52.7 Å². The van der Waals surface area contributed by atoms with Gasteiger partial charge in [-0.2, -0.15) is 0 Å². The molecule has 0 aliphatic rings. The second-order valence-corrected chi connectivity index (χ2v) is 5.03. The van der Waals surface area contributed by atoms with E-state index in [-0.39, 0.29) is 6.15 Å². The molecule has 0 radical (unpaired) electrons. The lowest BCUT2D eigenvalue weighted by Crippen LogP contribution is -2.29. The lowest BCUT2D eigenvalue weighted by atomic mass is 10.2. The van der Waals surface area contributed by atoms with Crippen LogP contribution in [0.4, 0.5) is 9.59 Å². The smallest absolute Gasteiger partial charge is 0.428 e. The van der Waals surface area contributed by atoms with Crippen molar-refractivity contribution in [3.05, 3.63) is 0 Å². The van der Waals surface area contributed by atoms with Gasteiger partial charge in [-0.3, -0.25) is 0 Å². The highest BCUT2D eigenvalue weighted by Crippen LogP contribution is 2.11. The van der Waals surface area contributed by atoms with E-state index in [0.717, 1.165) is 0 Å². The van der Waals surface area contributed by atoms with Crippen LogP contribution in [-0.2, 0) is 14.2 Å². The largest absolute Gasteiger partial charge is 0.519 e. The zero-order chi connectivity index (χ0) is 12.3. The summed E-state index contributed by atoms with van der Waals surface area (Å²) in [6.45, 7) is 10.0. The Labute approximate surface area is 95.8 Å². The molecule has 0 aromatic carbocycles. The molecule has 0 bridgehead atoms. The van der Waals surface area contributed by atoms with Crippen LogP contribution in [0.15, 0.2) is 0 Å². The van der Waals surface area contributed by atoms with E-state index in [4.69, 9.17) is 9.47 Å². The molecular weight excluding hydrogens is 214 g/mol. The molecule has 0 aromatic rings. The molecule has 6 heteroatoms. The van der Waals surface area contributed by atoms with E-state index in [1.165, 1.54) is 0 Å². The Morgan fingerprint density at radius 2 is 1.00 bits per heavy atom. The van der Waals surface area contributed by atoms with Crippen LogP contribution < -0.4 is 6.15 Å². The number of carbonyl (C=O) groups is 2. The molecule has 96 valence electrons. The van der Waals surface area contributed by atoms with Gasteiger partial charge in [-0.25, -0.2) is 9.59 Å². The lowest BCUT2D eigenvalue weighted by molar-refractivity contribution is -0.0293. The molecule has 0 fully saturated rings. The van der Waals surface area contributed by atoms with Crippen LogP contribution >= 0.6 is 0 Å². The minimum absolute atomic E-state index is 0. The summed E-state index contributed by atoms with van der Waals surface area (Å²) in [4.78, 5) is 22.0. The predicted octanol–water partition coefficient (Wildman–Crippen LogP) is 3.04. The van der Waals surface area contributed by atoms with Crippen molar-refractivity contribution in [1.29, 1.82) is 0 Å². The van der Waals surface area contributed by atoms with E-state index >= 15 is 0 Å². The second kappa shape index (κ2) is 5.69. The van der Waals surface area contributed by atoms with Gasteiger partial charge in [0.2, 0.25) is 0 Å². The summed E-state index contributed by atoms with van der Waals surface area (Å²) in [6, 6.07) is 0. The third-order valence-electron chi connectivity index (χ3n) is 0.946. The van der Waals surface area contributed by atoms with Crippen LogP contribution in [0.5, 0.6) is 0 Å². The summed E-state index contributed by atoms with van der Waals surface area (Å²) in [6.07, 6.45) is -2.12. The molecule has 0 saturated carbocycles. The molecule has 0 unspecified atom stereocenters. The summed E-state index contributed by atoms with van der Waals surface area (Å²) in [7, 11) is 0. The van der Waals surface area contributed by atoms with Crippen molar-refractivity contribution in [1.82, 2.24) is 6.15 Å². The molecule has 0 aliphatic carbocycles. The van der Waals surface area contributed by atoms with Crippen LogP contribution in [-0.4, -0.2) is 23.5 Å². The monoisotopic (exact) mass is 235 g/mol. The fourth-order valence-electron chi connectivity index (χ4n) is 0.610. The molecule has 0 aliphatic heterocycles. The van der Waals surface area contributed by atoms with Crippen LogP contribution in [0, 0.1) is 0 Å². The Balaban J connectivity index is 0. The number of hydrogen-bond donors (Lipinski definition) is 1. The van der Waals surface area contributed by atoms with Gasteiger partial charge in [-0.05, 0) is 41.5 Å². The Morgan fingerprint density at radius 1 is 0.750 bits per heavy atom. The van der Waals surface area contributed by atoms with Crippen molar-refractivity contribution in [3.63, 3.8) is 0 Å². The van der Waals surface area contributed by atoms with E-state index in [9.17, 15) is 9.59 Å². The van der Waals surface area contributed by atoms with E-state index in [1.807, 2.05) is 0 Å². The third kappa shape index (κ3) is 10.8. The zero-order valence-corrected chi connectivity index (χ0v) is 10.7. The van der Waals surface area contributed by atoms with E-state index < -0.39 is 23.5 Å². The average molecular weight is 235 g/mol. The number of carbonyl (C=O) groups excluding carboxylic acids is 2. The first-order valence-electron chi connectivity index (χ1n) is 4.63. The Hall–Kier alpha value is -1.30. The molecule has 6 nitrogen and oxygen atoms in total. The van der Waals surface area contributed by atoms with Gasteiger partial charge in [0.15, 0.2) is 0 Å². The minimum atomic E-state index is -1.06.